The molecule has 104 valence electrons. The lowest BCUT2D eigenvalue weighted by Gasteiger charge is -2.12. The lowest BCUT2D eigenvalue weighted by atomic mass is 10.1. The van der Waals surface area contributed by atoms with Gasteiger partial charge < -0.3 is 15.7 Å². The lowest BCUT2D eigenvalue weighted by Crippen LogP contribution is -2.38. The van der Waals surface area contributed by atoms with Crippen LogP contribution >= 0.6 is 0 Å². The second-order valence-electron chi connectivity index (χ2n) is 4.71. The summed E-state index contributed by atoms with van der Waals surface area (Å²) < 4.78 is 12.8. The third-order valence-electron chi connectivity index (χ3n) is 2.94. The number of hydrogen-bond donors (Lipinski definition) is 3. The Morgan fingerprint density at radius 2 is 2.11 bits per heavy atom. The van der Waals surface area contributed by atoms with Crippen LogP contribution in [0.2, 0.25) is 0 Å². The second kappa shape index (κ2) is 6.52. The fourth-order valence-corrected chi connectivity index (χ4v) is 1.71. The van der Waals surface area contributed by atoms with Crippen LogP contribution < -0.4 is 10.6 Å². The van der Waals surface area contributed by atoms with Gasteiger partial charge in [0.1, 0.15) is 5.82 Å². The quantitative estimate of drug-likeness (QED) is 0.559. The predicted octanol–water partition coefficient (Wildman–Crippen LogP) is 1.58. The Kier molecular flexibility index (Phi) is 4.74. The maximum absolute atomic E-state index is 12.8. The molecule has 1 aromatic carbocycles. The number of aliphatic imine (C=N–C) groups is 1. The van der Waals surface area contributed by atoms with Crippen LogP contribution in [0.4, 0.5) is 4.39 Å². The van der Waals surface area contributed by atoms with Gasteiger partial charge in [-0.15, -0.1) is 0 Å². The topological polar surface area (TPSA) is 56.7 Å². The van der Waals surface area contributed by atoms with Crippen LogP contribution in [0.3, 0.4) is 0 Å². The fourth-order valence-electron chi connectivity index (χ4n) is 1.71. The Hall–Kier alpha value is -1.62. The van der Waals surface area contributed by atoms with E-state index < -0.39 is 6.10 Å². The van der Waals surface area contributed by atoms with Crippen molar-refractivity contribution in [2.45, 2.75) is 31.9 Å². The van der Waals surface area contributed by atoms with Crippen LogP contribution in [0.25, 0.3) is 0 Å². The predicted molar refractivity (Wildman–Crippen MR) is 73.5 cm³/mol. The van der Waals surface area contributed by atoms with Crippen LogP contribution in [0.15, 0.2) is 29.3 Å². The second-order valence-corrected chi connectivity index (χ2v) is 4.71. The number of hydrogen-bond acceptors (Lipinski definition) is 2. The number of guanidine groups is 1. The number of aliphatic hydroxyl groups is 1. The van der Waals surface area contributed by atoms with Crippen LogP contribution in [0.5, 0.6) is 0 Å². The number of nitrogens with zero attached hydrogens (tertiary/aromatic N) is 1. The first kappa shape index (κ1) is 13.8. The van der Waals surface area contributed by atoms with Crippen molar-refractivity contribution in [1.29, 1.82) is 0 Å². The van der Waals surface area contributed by atoms with E-state index in [1.807, 2.05) is 6.92 Å². The first-order valence-electron chi connectivity index (χ1n) is 6.67. The van der Waals surface area contributed by atoms with Gasteiger partial charge in [-0.25, -0.2) is 4.39 Å². The Labute approximate surface area is 112 Å². The number of aliphatic hydroxyl groups excluding tert-OH is 1. The van der Waals surface area contributed by atoms with Crippen molar-refractivity contribution in [1.82, 2.24) is 10.6 Å². The molecule has 0 heterocycles. The van der Waals surface area contributed by atoms with E-state index in [9.17, 15) is 9.50 Å². The minimum Gasteiger partial charge on any atom is -0.386 e. The molecule has 5 heteroatoms. The molecule has 1 aromatic rings. The average Bonchev–Trinajstić information content (AvgIpc) is 3.21. The van der Waals surface area contributed by atoms with Crippen LogP contribution in [0.1, 0.15) is 31.4 Å². The van der Waals surface area contributed by atoms with E-state index >= 15 is 0 Å². The number of halogens is 1. The highest BCUT2D eigenvalue weighted by Gasteiger charge is 2.22. The lowest BCUT2D eigenvalue weighted by molar-refractivity contribution is 0.187. The molecule has 19 heavy (non-hydrogen) atoms. The van der Waals surface area contributed by atoms with Gasteiger partial charge in [-0.3, -0.25) is 4.99 Å². The monoisotopic (exact) mass is 265 g/mol. The van der Waals surface area contributed by atoms with Crippen molar-refractivity contribution >= 4 is 5.96 Å². The van der Waals surface area contributed by atoms with Crippen LogP contribution in [-0.4, -0.2) is 30.2 Å². The Morgan fingerprint density at radius 3 is 2.68 bits per heavy atom. The molecule has 0 amide bonds. The van der Waals surface area contributed by atoms with Gasteiger partial charge in [-0.05, 0) is 37.5 Å². The molecule has 1 atom stereocenters. The molecule has 0 radical (unpaired) electrons. The highest BCUT2D eigenvalue weighted by Crippen LogP contribution is 2.18. The van der Waals surface area contributed by atoms with E-state index in [-0.39, 0.29) is 12.4 Å². The summed E-state index contributed by atoms with van der Waals surface area (Å²) in [6.07, 6.45) is 1.63. The SMILES string of the molecule is CCNC(=NCC(O)c1ccc(F)cc1)NC1CC1. The highest BCUT2D eigenvalue weighted by molar-refractivity contribution is 5.80. The van der Waals surface area contributed by atoms with E-state index in [4.69, 9.17) is 0 Å². The number of nitrogens with one attached hydrogen (secondary N) is 2. The summed E-state index contributed by atoms with van der Waals surface area (Å²) >= 11 is 0. The van der Waals surface area contributed by atoms with Gasteiger partial charge in [0.15, 0.2) is 5.96 Å². The first-order chi connectivity index (χ1) is 9.19. The summed E-state index contributed by atoms with van der Waals surface area (Å²) in [4.78, 5) is 4.34. The van der Waals surface area contributed by atoms with Crippen molar-refractivity contribution in [2.75, 3.05) is 13.1 Å². The highest BCUT2D eigenvalue weighted by atomic mass is 19.1. The summed E-state index contributed by atoms with van der Waals surface area (Å²) in [6.45, 7) is 3.04. The van der Waals surface area contributed by atoms with E-state index in [2.05, 4.69) is 15.6 Å². The summed E-state index contributed by atoms with van der Waals surface area (Å²) in [6, 6.07) is 6.36. The van der Waals surface area contributed by atoms with Crippen molar-refractivity contribution in [2.24, 2.45) is 4.99 Å². The molecular weight excluding hydrogens is 245 g/mol. The van der Waals surface area contributed by atoms with Gasteiger partial charge in [0, 0.05) is 12.6 Å². The maximum Gasteiger partial charge on any atom is 0.191 e. The smallest absolute Gasteiger partial charge is 0.191 e. The summed E-state index contributed by atoms with van der Waals surface area (Å²) in [5.74, 6) is 0.425. The van der Waals surface area contributed by atoms with Gasteiger partial charge in [-0.1, -0.05) is 12.1 Å². The molecule has 3 N–H and O–H groups in total. The van der Waals surface area contributed by atoms with Gasteiger partial charge in [-0.2, -0.15) is 0 Å². The van der Waals surface area contributed by atoms with E-state index in [0.29, 0.717) is 11.6 Å². The molecule has 1 saturated carbocycles. The molecule has 4 nitrogen and oxygen atoms in total. The normalized spacial score (nSPS) is 17.1. The fraction of sp³-hybridized carbons (Fsp3) is 0.500. The molecule has 1 aliphatic rings. The van der Waals surface area contributed by atoms with Gasteiger partial charge >= 0.3 is 0 Å². The van der Waals surface area contributed by atoms with Gasteiger partial charge in [0.25, 0.3) is 0 Å². The zero-order valence-electron chi connectivity index (χ0n) is 11.1. The number of benzene rings is 1. The average molecular weight is 265 g/mol. The molecule has 0 aliphatic heterocycles. The van der Waals surface area contributed by atoms with Crippen LogP contribution in [-0.2, 0) is 0 Å². The molecule has 0 aromatic heterocycles. The van der Waals surface area contributed by atoms with E-state index in [1.165, 1.54) is 25.0 Å². The van der Waals surface area contributed by atoms with Crippen molar-refractivity contribution in [3.63, 3.8) is 0 Å². The Morgan fingerprint density at radius 1 is 1.42 bits per heavy atom. The molecule has 1 unspecified atom stereocenters. The minimum atomic E-state index is -0.713. The summed E-state index contributed by atoms with van der Waals surface area (Å²) in [5, 5.41) is 16.4. The maximum atomic E-state index is 12.8. The summed E-state index contributed by atoms with van der Waals surface area (Å²) in [7, 11) is 0. The number of rotatable bonds is 5. The molecule has 0 spiro atoms. The summed E-state index contributed by atoms with van der Waals surface area (Å²) in [5.41, 5.74) is 0.674. The molecule has 1 fully saturated rings. The van der Waals surface area contributed by atoms with Crippen LogP contribution in [0, 0.1) is 5.82 Å². The Balaban J connectivity index is 1.91. The third kappa shape index (κ3) is 4.52. The standard InChI is InChI=1S/C14H20FN3O/c1-2-16-14(18-12-7-8-12)17-9-13(19)10-3-5-11(15)6-4-10/h3-6,12-13,19H,2,7-9H2,1H3,(H2,16,17,18). The minimum absolute atomic E-state index is 0.258. The Bertz CT molecular complexity index is 429. The van der Waals surface area contributed by atoms with Gasteiger partial charge in [0.05, 0.1) is 12.6 Å². The van der Waals surface area contributed by atoms with E-state index in [1.54, 1.807) is 12.1 Å². The molecular formula is C14H20FN3O. The molecule has 2 rings (SSSR count). The molecule has 0 saturated heterocycles. The molecule has 0 bridgehead atoms. The molecule has 1 aliphatic carbocycles. The van der Waals surface area contributed by atoms with E-state index in [0.717, 1.165) is 12.5 Å². The van der Waals surface area contributed by atoms with Crippen molar-refractivity contribution < 1.29 is 9.50 Å². The van der Waals surface area contributed by atoms with Crippen molar-refractivity contribution in [3.8, 4) is 0 Å². The zero-order valence-corrected chi connectivity index (χ0v) is 11.1. The first-order valence-corrected chi connectivity index (χ1v) is 6.67. The largest absolute Gasteiger partial charge is 0.386 e. The zero-order chi connectivity index (χ0) is 13.7. The van der Waals surface area contributed by atoms with Gasteiger partial charge in [0.2, 0.25) is 0 Å². The van der Waals surface area contributed by atoms with Crippen molar-refractivity contribution in [3.05, 3.63) is 35.6 Å². The third-order valence-corrected chi connectivity index (χ3v) is 2.94.